The topological polar surface area (TPSA) is 42.2 Å². The van der Waals surface area contributed by atoms with Gasteiger partial charge in [0.1, 0.15) is 5.82 Å². The second kappa shape index (κ2) is 7.28. The Bertz CT molecular complexity index is 785. The second-order valence-electron chi connectivity index (χ2n) is 6.13. The van der Waals surface area contributed by atoms with Crippen LogP contribution in [0.5, 0.6) is 0 Å². The van der Waals surface area contributed by atoms with Gasteiger partial charge >= 0.3 is 0 Å². The van der Waals surface area contributed by atoms with Gasteiger partial charge in [0.05, 0.1) is 6.04 Å². The predicted octanol–water partition coefficient (Wildman–Crippen LogP) is 4.07. The van der Waals surface area contributed by atoms with Gasteiger partial charge in [0.25, 0.3) is 0 Å². The molecule has 0 amide bonds. The molecule has 1 aromatic heterocycles. The van der Waals surface area contributed by atoms with Crippen LogP contribution in [0.3, 0.4) is 0 Å². The van der Waals surface area contributed by atoms with Crippen molar-refractivity contribution in [2.45, 2.75) is 19.5 Å². The summed E-state index contributed by atoms with van der Waals surface area (Å²) in [5.41, 5.74) is 11.0. The molecule has 1 atom stereocenters. The van der Waals surface area contributed by atoms with Gasteiger partial charge in [-0.15, -0.1) is 0 Å². The first-order chi connectivity index (χ1) is 11.6. The third-order valence-corrected chi connectivity index (χ3v) is 4.28. The van der Waals surface area contributed by atoms with E-state index < -0.39 is 0 Å². The first kappa shape index (κ1) is 16.2. The summed E-state index contributed by atoms with van der Waals surface area (Å²) in [5, 5.41) is 0. The van der Waals surface area contributed by atoms with Crippen molar-refractivity contribution in [1.82, 2.24) is 4.98 Å². The fourth-order valence-electron chi connectivity index (χ4n) is 2.86. The molecule has 3 nitrogen and oxygen atoms in total. The van der Waals surface area contributed by atoms with Crippen LogP contribution in [0.15, 0.2) is 72.9 Å². The van der Waals surface area contributed by atoms with Crippen molar-refractivity contribution >= 4 is 5.82 Å². The standard InChI is InChI=1S/C21H23N3/c1-16-13-20(24(2)15-17-9-5-3-6-10-17)23-14-19(16)21(22)18-11-7-4-8-12-18/h3-14,21H,15,22H2,1-2H3. The molecule has 0 aliphatic heterocycles. The number of aromatic nitrogens is 1. The molecule has 0 bridgehead atoms. The van der Waals surface area contributed by atoms with Gasteiger partial charge in [-0.05, 0) is 35.2 Å². The largest absolute Gasteiger partial charge is 0.355 e. The lowest BCUT2D eigenvalue weighted by atomic mass is 9.97. The molecule has 0 saturated carbocycles. The Balaban J connectivity index is 1.79. The highest BCUT2D eigenvalue weighted by molar-refractivity contribution is 5.46. The van der Waals surface area contributed by atoms with Crippen LogP contribution in [-0.4, -0.2) is 12.0 Å². The molecule has 0 aliphatic rings. The number of rotatable bonds is 5. The molecular weight excluding hydrogens is 294 g/mol. The van der Waals surface area contributed by atoms with Crippen molar-refractivity contribution in [1.29, 1.82) is 0 Å². The van der Waals surface area contributed by atoms with Crippen LogP contribution in [0.4, 0.5) is 5.82 Å². The first-order valence-electron chi connectivity index (χ1n) is 8.17. The van der Waals surface area contributed by atoms with E-state index in [0.717, 1.165) is 29.1 Å². The van der Waals surface area contributed by atoms with Gasteiger partial charge in [0, 0.05) is 19.8 Å². The molecule has 3 aromatic rings. The normalized spacial score (nSPS) is 12.0. The molecule has 2 aromatic carbocycles. The third-order valence-electron chi connectivity index (χ3n) is 4.28. The SMILES string of the molecule is Cc1cc(N(C)Cc2ccccc2)ncc1C(N)c1ccccc1. The van der Waals surface area contributed by atoms with Gasteiger partial charge in [-0.2, -0.15) is 0 Å². The number of nitrogens with two attached hydrogens (primary N) is 1. The number of aryl methyl sites for hydroxylation is 1. The monoisotopic (exact) mass is 317 g/mol. The summed E-state index contributed by atoms with van der Waals surface area (Å²) >= 11 is 0. The minimum atomic E-state index is -0.146. The van der Waals surface area contributed by atoms with Gasteiger partial charge < -0.3 is 10.6 Å². The minimum Gasteiger partial charge on any atom is -0.355 e. The Kier molecular flexibility index (Phi) is 4.92. The van der Waals surface area contributed by atoms with E-state index in [9.17, 15) is 0 Å². The van der Waals surface area contributed by atoms with Crippen LogP contribution in [0.25, 0.3) is 0 Å². The van der Waals surface area contributed by atoms with E-state index in [1.807, 2.05) is 30.5 Å². The quantitative estimate of drug-likeness (QED) is 0.771. The van der Waals surface area contributed by atoms with Crippen LogP contribution < -0.4 is 10.6 Å². The zero-order valence-electron chi connectivity index (χ0n) is 14.2. The van der Waals surface area contributed by atoms with E-state index >= 15 is 0 Å². The van der Waals surface area contributed by atoms with E-state index in [1.54, 1.807) is 0 Å². The molecule has 0 fully saturated rings. The van der Waals surface area contributed by atoms with Crippen molar-refractivity contribution < 1.29 is 0 Å². The zero-order valence-corrected chi connectivity index (χ0v) is 14.2. The minimum absolute atomic E-state index is 0.146. The number of hydrogen-bond acceptors (Lipinski definition) is 3. The fraction of sp³-hybridized carbons (Fsp3) is 0.190. The molecule has 122 valence electrons. The molecule has 24 heavy (non-hydrogen) atoms. The summed E-state index contributed by atoms with van der Waals surface area (Å²) in [5.74, 6) is 0.959. The molecule has 0 aliphatic carbocycles. The van der Waals surface area contributed by atoms with Crippen LogP contribution in [0, 0.1) is 6.92 Å². The first-order valence-corrected chi connectivity index (χ1v) is 8.17. The summed E-state index contributed by atoms with van der Waals surface area (Å²) in [4.78, 5) is 6.78. The van der Waals surface area contributed by atoms with Crippen molar-refractivity contribution in [3.8, 4) is 0 Å². The lowest BCUT2D eigenvalue weighted by Crippen LogP contribution is -2.19. The molecule has 2 N–H and O–H groups in total. The van der Waals surface area contributed by atoms with Crippen molar-refractivity contribution in [2.75, 3.05) is 11.9 Å². The number of benzene rings is 2. The third kappa shape index (κ3) is 3.63. The van der Waals surface area contributed by atoms with Gasteiger partial charge in [-0.1, -0.05) is 60.7 Å². The van der Waals surface area contributed by atoms with Gasteiger partial charge in [0.15, 0.2) is 0 Å². The van der Waals surface area contributed by atoms with Crippen molar-refractivity contribution in [3.63, 3.8) is 0 Å². The lowest BCUT2D eigenvalue weighted by molar-refractivity contribution is 0.841. The van der Waals surface area contributed by atoms with E-state index in [-0.39, 0.29) is 6.04 Å². The summed E-state index contributed by atoms with van der Waals surface area (Å²) in [6.45, 7) is 2.93. The van der Waals surface area contributed by atoms with Gasteiger partial charge in [-0.3, -0.25) is 0 Å². The number of pyridine rings is 1. The van der Waals surface area contributed by atoms with Gasteiger partial charge in [0.2, 0.25) is 0 Å². The van der Waals surface area contributed by atoms with Crippen LogP contribution in [0.2, 0.25) is 0 Å². The maximum absolute atomic E-state index is 6.41. The zero-order chi connectivity index (χ0) is 16.9. The molecule has 1 heterocycles. The Morgan fingerprint density at radius 2 is 1.62 bits per heavy atom. The van der Waals surface area contributed by atoms with Crippen molar-refractivity contribution in [2.24, 2.45) is 5.73 Å². The van der Waals surface area contributed by atoms with Gasteiger partial charge in [-0.25, -0.2) is 4.98 Å². The molecule has 3 rings (SSSR count). The molecule has 3 heteroatoms. The number of hydrogen-bond donors (Lipinski definition) is 1. The average molecular weight is 317 g/mol. The molecule has 0 saturated heterocycles. The maximum Gasteiger partial charge on any atom is 0.128 e. The van der Waals surface area contributed by atoms with Crippen LogP contribution in [-0.2, 0) is 6.54 Å². The van der Waals surface area contributed by atoms with Crippen LogP contribution in [0.1, 0.15) is 28.3 Å². The Morgan fingerprint density at radius 1 is 1.00 bits per heavy atom. The Hall–Kier alpha value is -2.65. The summed E-state index contributed by atoms with van der Waals surface area (Å²) < 4.78 is 0. The smallest absolute Gasteiger partial charge is 0.128 e. The molecule has 0 radical (unpaired) electrons. The Labute approximate surface area is 143 Å². The van der Waals surface area contributed by atoms with E-state index in [2.05, 4.69) is 66.3 Å². The molecular formula is C21H23N3. The highest BCUT2D eigenvalue weighted by atomic mass is 15.2. The highest BCUT2D eigenvalue weighted by Gasteiger charge is 2.13. The lowest BCUT2D eigenvalue weighted by Gasteiger charge is -2.21. The molecule has 0 spiro atoms. The average Bonchev–Trinajstić information content (AvgIpc) is 2.62. The number of nitrogens with zero attached hydrogens (tertiary/aromatic N) is 2. The summed E-state index contributed by atoms with van der Waals surface area (Å²) in [6.07, 6.45) is 1.91. The summed E-state index contributed by atoms with van der Waals surface area (Å²) in [7, 11) is 2.06. The summed E-state index contributed by atoms with van der Waals surface area (Å²) in [6, 6.07) is 22.5. The van der Waals surface area contributed by atoms with E-state index in [0.29, 0.717) is 0 Å². The van der Waals surface area contributed by atoms with Crippen molar-refractivity contribution in [3.05, 3.63) is 95.2 Å². The highest BCUT2D eigenvalue weighted by Crippen LogP contribution is 2.24. The predicted molar refractivity (Wildman–Crippen MR) is 100.0 cm³/mol. The number of anilines is 1. The maximum atomic E-state index is 6.41. The molecule has 1 unspecified atom stereocenters. The van der Waals surface area contributed by atoms with E-state index in [1.165, 1.54) is 5.56 Å². The second-order valence-corrected chi connectivity index (χ2v) is 6.13. The van der Waals surface area contributed by atoms with Crippen LogP contribution >= 0.6 is 0 Å². The Morgan fingerprint density at radius 3 is 2.25 bits per heavy atom. The fourth-order valence-corrected chi connectivity index (χ4v) is 2.86. The van der Waals surface area contributed by atoms with E-state index in [4.69, 9.17) is 5.73 Å².